The number of nitrogens with two attached hydrogens (primary N) is 2. The number of rotatable bonds is 5. The normalized spacial score (nSPS) is 22.3. The molecule has 1 saturated carbocycles. The molecule has 1 fully saturated rings. The molecule has 1 aliphatic rings. The van der Waals surface area contributed by atoms with Crippen LogP contribution >= 0.6 is 0 Å². The number of hydrogen-bond donors (Lipinski definition) is 3. The molecule has 1 aromatic heterocycles. The monoisotopic (exact) mass is 250 g/mol. The van der Waals surface area contributed by atoms with E-state index >= 15 is 0 Å². The van der Waals surface area contributed by atoms with E-state index in [-0.39, 0.29) is 0 Å². The molecule has 2 rings (SSSR count). The first-order valence-corrected chi connectivity index (χ1v) is 6.03. The van der Waals surface area contributed by atoms with Crippen LogP contribution in [0.5, 0.6) is 0 Å². The quantitative estimate of drug-likeness (QED) is 0.715. The summed E-state index contributed by atoms with van der Waals surface area (Å²) >= 11 is 0. The fourth-order valence-corrected chi connectivity index (χ4v) is 2.02. The molecule has 0 bridgehead atoms. The lowest BCUT2D eigenvalue weighted by Crippen LogP contribution is -2.41. The number of aromatic nitrogens is 1. The summed E-state index contributed by atoms with van der Waals surface area (Å²) in [4.78, 5) is 15.3. The van der Waals surface area contributed by atoms with Gasteiger partial charge in [-0.15, -0.1) is 0 Å². The van der Waals surface area contributed by atoms with Crippen LogP contribution < -0.4 is 16.8 Å². The Morgan fingerprint density at radius 3 is 2.94 bits per heavy atom. The van der Waals surface area contributed by atoms with Gasteiger partial charge in [-0.2, -0.15) is 0 Å². The highest BCUT2D eigenvalue weighted by Crippen LogP contribution is 2.26. The van der Waals surface area contributed by atoms with Gasteiger partial charge in [0, 0.05) is 12.6 Å². The fraction of sp³-hybridized carbons (Fsp3) is 0.500. The van der Waals surface area contributed by atoms with Gasteiger partial charge in [0.05, 0.1) is 23.6 Å². The van der Waals surface area contributed by atoms with Crippen molar-refractivity contribution < 1.29 is 9.53 Å². The topological polar surface area (TPSA) is 103 Å². The van der Waals surface area contributed by atoms with E-state index < -0.39 is 5.91 Å². The van der Waals surface area contributed by atoms with Gasteiger partial charge in [-0.05, 0) is 25.8 Å². The minimum absolute atomic E-state index is 0.299. The molecule has 0 atom stereocenters. The lowest BCUT2D eigenvalue weighted by atomic mass is 9.89. The maximum Gasteiger partial charge on any atom is 0.250 e. The molecule has 0 aromatic carbocycles. The summed E-state index contributed by atoms with van der Waals surface area (Å²) < 4.78 is 5.47. The maximum atomic E-state index is 11.1. The second-order valence-corrected chi connectivity index (χ2v) is 4.41. The van der Waals surface area contributed by atoms with E-state index in [4.69, 9.17) is 16.2 Å². The Balaban J connectivity index is 1.95. The van der Waals surface area contributed by atoms with Crippen LogP contribution in [0.4, 0.5) is 11.5 Å². The molecule has 6 heteroatoms. The van der Waals surface area contributed by atoms with Gasteiger partial charge in [0.15, 0.2) is 0 Å². The Hall–Kier alpha value is -1.82. The van der Waals surface area contributed by atoms with Crippen LogP contribution in [-0.2, 0) is 4.74 Å². The van der Waals surface area contributed by atoms with Gasteiger partial charge in [-0.1, -0.05) is 0 Å². The van der Waals surface area contributed by atoms with Crippen LogP contribution in [0.3, 0.4) is 0 Å². The summed E-state index contributed by atoms with van der Waals surface area (Å²) in [6.45, 7) is 2.73. The van der Waals surface area contributed by atoms with Crippen molar-refractivity contribution in [3.05, 3.63) is 17.8 Å². The van der Waals surface area contributed by atoms with Crippen LogP contribution in [-0.4, -0.2) is 29.6 Å². The van der Waals surface area contributed by atoms with E-state index in [0.717, 1.165) is 19.4 Å². The van der Waals surface area contributed by atoms with Crippen molar-refractivity contribution in [3.63, 3.8) is 0 Å². The van der Waals surface area contributed by atoms with Crippen LogP contribution in [0.15, 0.2) is 12.3 Å². The molecule has 0 radical (unpaired) electrons. The summed E-state index contributed by atoms with van der Waals surface area (Å²) in [5.74, 6) is 0.0803. The molecule has 1 aromatic rings. The van der Waals surface area contributed by atoms with Crippen LogP contribution in [0.1, 0.15) is 30.1 Å². The zero-order valence-corrected chi connectivity index (χ0v) is 10.3. The summed E-state index contributed by atoms with van der Waals surface area (Å²) in [5.41, 5.74) is 11.4. The number of nitrogens with one attached hydrogen (secondary N) is 1. The summed E-state index contributed by atoms with van der Waals surface area (Å²) in [6, 6.07) is 1.92. The van der Waals surface area contributed by atoms with Crippen LogP contribution in [0, 0.1) is 0 Å². The third-order valence-electron chi connectivity index (χ3n) is 3.05. The first kappa shape index (κ1) is 12.6. The van der Waals surface area contributed by atoms with Gasteiger partial charge in [0.2, 0.25) is 0 Å². The fourth-order valence-electron chi connectivity index (χ4n) is 2.02. The number of nitrogens with zero attached hydrogens (tertiary/aromatic N) is 1. The molecule has 98 valence electrons. The molecule has 0 aliphatic heterocycles. The van der Waals surface area contributed by atoms with Crippen LogP contribution in [0.2, 0.25) is 0 Å². The average molecular weight is 250 g/mol. The van der Waals surface area contributed by atoms with Crippen molar-refractivity contribution >= 4 is 17.4 Å². The van der Waals surface area contributed by atoms with Gasteiger partial charge >= 0.3 is 0 Å². The van der Waals surface area contributed by atoms with Crippen LogP contribution in [0.25, 0.3) is 0 Å². The highest BCUT2D eigenvalue weighted by atomic mass is 16.5. The Morgan fingerprint density at radius 1 is 1.61 bits per heavy atom. The lowest BCUT2D eigenvalue weighted by molar-refractivity contribution is 0.00292. The average Bonchev–Trinajstić information content (AvgIpc) is 2.28. The predicted octanol–water partition coefficient (Wildman–Crippen LogP) is 0.742. The molecule has 0 unspecified atom stereocenters. The van der Waals surface area contributed by atoms with E-state index in [1.54, 1.807) is 6.07 Å². The standard InChI is InChI=1S/C12H18N4O2/c1-2-18-8-3-7(4-8)16-11-5-9(12(14)17)10(13)6-15-11/h5-8H,2-4,13H2,1H3,(H2,14,17)(H,15,16). The van der Waals surface area contributed by atoms with Crippen molar-refractivity contribution in [1.29, 1.82) is 0 Å². The number of carbonyl (C=O) groups excluding carboxylic acids is 1. The number of carbonyl (C=O) groups is 1. The van der Waals surface area contributed by atoms with Crippen molar-refractivity contribution in [1.82, 2.24) is 4.98 Å². The van der Waals surface area contributed by atoms with Gasteiger partial charge in [-0.3, -0.25) is 4.79 Å². The number of pyridine rings is 1. The molecule has 0 spiro atoms. The Bertz CT molecular complexity index is 444. The van der Waals surface area contributed by atoms with Crippen molar-refractivity contribution in [2.45, 2.75) is 31.9 Å². The minimum atomic E-state index is -0.543. The second-order valence-electron chi connectivity index (χ2n) is 4.41. The highest BCUT2D eigenvalue weighted by molar-refractivity contribution is 5.98. The minimum Gasteiger partial charge on any atom is -0.397 e. The molecule has 6 nitrogen and oxygen atoms in total. The highest BCUT2D eigenvalue weighted by Gasteiger charge is 2.29. The Labute approximate surface area is 106 Å². The second kappa shape index (κ2) is 5.22. The summed E-state index contributed by atoms with van der Waals surface area (Å²) in [6.07, 6.45) is 3.68. The lowest BCUT2D eigenvalue weighted by Gasteiger charge is -2.35. The smallest absolute Gasteiger partial charge is 0.250 e. The number of primary amides is 1. The number of amides is 1. The summed E-state index contributed by atoms with van der Waals surface area (Å²) in [5, 5.41) is 3.23. The third kappa shape index (κ3) is 2.70. The number of hydrogen-bond acceptors (Lipinski definition) is 5. The van der Waals surface area contributed by atoms with Gasteiger partial charge in [-0.25, -0.2) is 4.98 Å². The van der Waals surface area contributed by atoms with E-state index in [0.29, 0.717) is 29.2 Å². The first-order valence-electron chi connectivity index (χ1n) is 6.03. The molecule has 1 heterocycles. The largest absolute Gasteiger partial charge is 0.397 e. The molecule has 0 saturated heterocycles. The van der Waals surface area contributed by atoms with Gasteiger partial charge in [0.25, 0.3) is 5.91 Å². The molecule has 5 N–H and O–H groups in total. The van der Waals surface area contributed by atoms with E-state index in [1.165, 1.54) is 6.20 Å². The molecule has 1 aliphatic carbocycles. The number of ether oxygens (including phenoxy) is 1. The van der Waals surface area contributed by atoms with Crippen molar-refractivity contribution in [2.75, 3.05) is 17.7 Å². The first-order chi connectivity index (χ1) is 8.60. The SMILES string of the molecule is CCOC1CC(Nc2cc(C(N)=O)c(N)cn2)C1. The third-order valence-corrected chi connectivity index (χ3v) is 3.05. The molecular weight excluding hydrogens is 232 g/mol. The Morgan fingerprint density at radius 2 is 2.33 bits per heavy atom. The molecular formula is C12H18N4O2. The van der Waals surface area contributed by atoms with E-state index in [2.05, 4.69) is 10.3 Å². The number of anilines is 2. The van der Waals surface area contributed by atoms with Crippen molar-refractivity contribution in [2.24, 2.45) is 5.73 Å². The zero-order chi connectivity index (χ0) is 13.1. The van der Waals surface area contributed by atoms with E-state index in [1.807, 2.05) is 6.92 Å². The maximum absolute atomic E-state index is 11.1. The summed E-state index contributed by atoms with van der Waals surface area (Å²) in [7, 11) is 0. The Kier molecular flexibility index (Phi) is 3.66. The zero-order valence-electron chi connectivity index (χ0n) is 10.3. The van der Waals surface area contributed by atoms with Crippen molar-refractivity contribution in [3.8, 4) is 0 Å². The predicted molar refractivity (Wildman–Crippen MR) is 69.2 cm³/mol. The van der Waals surface area contributed by atoms with Gasteiger partial charge < -0.3 is 21.5 Å². The number of nitrogen functional groups attached to an aromatic ring is 1. The molecule has 18 heavy (non-hydrogen) atoms. The molecule has 1 amide bonds. The van der Waals surface area contributed by atoms with Gasteiger partial charge in [0.1, 0.15) is 5.82 Å². The van der Waals surface area contributed by atoms with E-state index in [9.17, 15) is 4.79 Å².